The molecule has 1 unspecified atom stereocenters. The number of hydrogen-bond donors (Lipinski definition) is 2. The number of ketones is 1. The molecule has 0 saturated carbocycles. The minimum atomic E-state index is -0.332. The maximum atomic E-state index is 13.1. The average Bonchev–Trinajstić information content (AvgIpc) is 3.23. The Bertz CT molecular complexity index is 1350. The van der Waals surface area contributed by atoms with Crippen molar-refractivity contribution in [1.29, 1.82) is 0 Å². The molecule has 2 N–H and O–H groups in total. The van der Waals surface area contributed by atoms with Gasteiger partial charge in [-0.2, -0.15) is 0 Å². The van der Waals surface area contributed by atoms with E-state index >= 15 is 0 Å². The zero-order valence-corrected chi connectivity index (χ0v) is 16.2. The second-order valence-corrected chi connectivity index (χ2v) is 8.07. The van der Waals surface area contributed by atoms with Gasteiger partial charge in [0.05, 0.1) is 5.25 Å². The smallest absolute Gasteiger partial charge is 0.211 e. The van der Waals surface area contributed by atoms with Crippen LogP contribution in [0.2, 0.25) is 0 Å². The second-order valence-electron chi connectivity index (χ2n) is 6.76. The highest BCUT2D eigenvalue weighted by Gasteiger charge is 2.23. The summed E-state index contributed by atoms with van der Waals surface area (Å²) in [5, 5.41) is 10.7. The summed E-state index contributed by atoms with van der Waals surface area (Å²) in [6.07, 6.45) is 0. The van der Waals surface area contributed by atoms with Crippen molar-refractivity contribution < 1.29 is 4.79 Å². The Hall–Kier alpha value is -3.19. The summed E-state index contributed by atoms with van der Waals surface area (Å²) in [5.74, 6) is 0.0558. The van der Waals surface area contributed by atoms with E-state index in [1.54, 1.807) is 0 Å². The third-order valence-electron chi connectivity index (χ3n) is 4.89. The lowest BCUT2D eigenvalue weighted by Gasteiger charge is -2.09. The van der Waals surface area contributed by atoms with E-state index in [1.165, 1.54) is 11.8 Å². The average molecular weight is 387 g/mol. The van der Waals surface area contributed by atoms with Crippen LogP contribution in [0.25, 0.3) is 33.0 Å². The lowest BCUT2D eigenvalue weighted by atomic mass is 10.1. The van der Waals surface area contributed by atoms with Crippen molar-refractivity contribution in [2.75, 3.05) is 0 Å². The van der Waals surface area contributed by atoms with Gasteiger partial charge in [-0.15, -0.1) is 10.2 Å². The molecule has 5 aromatic rings. The number of thioether (sulfide) groups is 1. The highest BCUT2D eigenvalue weighted by Crippen LogP contribution is 2.29. The molecule has 0 fully saturated rings. The Kier molecular flexibility index (Phi) is 3.91. The van der Waals surface area contributed by atoms with Crippen molar-refractivity contribution in [3.63, 3.8) is 0 Å². The van der Waals surface area contributed by atoms with Crippen LogP contribution < -0.4 is 0 Å². The van der Waals surface area contributed by atoms with Crippen LogP contribution in [-0.4, -0.2) is 36.2 Å². The summed E-state index contributed by atoms with van der Waals surface area (Å²) >= 11 is 1.32. The predicted octanol–water partition coefficient (Wildman–Crippen LogP) is 4.66. The number of Topliss-reactive ketones (excluding diaryl/α,β-unsaturated/α-hetero) is 1. The number of benzene rings is 2. The first kappa shape index (κ1) is 16.9. The zero-order chi connectivity index (χ0) is 19.3. The molecule has 0 saturated heterocycles. The monoisotopic (exact) mass is 387 g/mol. The van der Waals surface area contributed by atoms with Crippen LogP contribution in [0, 0.1) is 6.92 Å². The van der Waals surface area contributed by atoms with Gasteiger partial charge in [0.2, 0.25) is 5.16 Å². The number of rotatable bonds is 4. The van der Waals surface area contributed by atoms with Crippen molar-refractivity contribution in [3.8, 4) is 0 Å². The number of hydrogen-bond acceptors (Lipinski definition) is 5. The standard InChI is InChI=1S/C21H17N5OS/c1-11-17(13-7-3-5-9-15(13)22-11)19(27)12(2)28-21-24-20-18(25-26-21)14-8-4-6-10-16(14)23-20/h3-10,12,22H,1-2H3,(H,23,24,26). The van der Waals surface area contributed by atoms with Gasteiger partial charge in [-0.05, 0) is 26.0 Å². The number of aryl methyl sites for hydroxylation is 1. The van der Waals surface area contributed by atoms with Crippen molar-refractivity contribution in [2.45, 2.75) is 24.3 Å². The second kappa shape index (κ2) is 6.45. The van der Waals surface area contributed by atoms with Crippen LogP contribution in [0.4, 0.5) is 0 Å². The number of aromatic amines is 2. The fourth-order valence-corrected chi connectivity index (χ4v) is 4.34. The summed E-state index contributed by atoms with van der Waals surface area (Å²) < 4.78 is 0. The van der Waals surface area contributed by atoms with E-state index in [0.717, 1.165) is 38.6 Å². The molecule has 0 spiro atoms. The number of nitrogens with one attached hydrogen (secondary N) is 2. The SMILES string of the molecule is Cc1[nH]c2ccccc2c1C(=O)C(C)Sc1nnc2c(n1)[nH]c1ccccc12. The number of para-hydroxylation sites is 2. The topological polar surface area (TPSA) is 87.3 Å². The fraction of sp³-hybridized carbons (Fsp3) is 0.143. The Labute approximate surface area is 164 Å². The lowest BCUT2D eigenvalue weighted by Crippen LogP contribution is -2.15. The highest BCUT2D eigenvalue weighted by atomic mass is 32.2. The minimum absolute atomic E-state index is 0.0558. The predicted molar refractivity (Wildman–Crippen MR) is 112 cm³/mol. The first-order valence-electron chi connectivity index (χ1n) is 9.01. The number of nitrogens with zero attached hydrogens (tertiary/aromatic N) is 3. The van der Waals surface area contributed by atoms with Gasteiger partial charge in [0.1, 0.15) is 5.52 Å². The minimum Gasteiger partial charge on any atom is -0.358 e. The Morgan fingerprint density at radius 3 is 2.43 bits per heavy atom. The number of carbonyl (C=O) groups excluding carboxylic acids is 1. The van der Waals surface area contributed by atoms with E-state index in [2.05, 4.69) is 25.1 Å². The van der Waals surface area contributed by atoms with E-state index in [4.69, 9.17) is 0 Å². The number of fused-ring (bicyclic) bond motifs is 4. The van der Waals surface area contributed by atoms with E-state index in [9.17, 15) is 4.79 Å². The van der Waals surface area contributed by atoms with Gasteiger partial charge < -0.3 is 9.97 Å². The van der Waals surface area contributed by atoms with Gasteiger partial charge in [0.15, 0.2) is 11.4 Å². The molecule has 138 valence electrons. The van der Waals surface area contributed by atoms with Gasteiger partial charge >= 0.3 is 0 Å². The summed E-state index contributed by atoms with van der Waals surface area (Å²) in [6.45, 7) is 3.81. The molecule has 0 aliphatic rings. The third-order valence-corrected chi connectivity index (χ3v) is 5.85. The molecule has 0 aliphatic heterocycles. The van der Waals surface area contributed by atoms with E-state index in [0.29, 0.717) is 10.8 Å². The van der Waals surface area contributed by atoms with Gasteiger partial charge in [-0.1, -0.05) is 48.2 Å². The number of aromatic nitrogens is 5. The molecule has 0 amide bonds. The third kappa shape index (κ3) is 2.66. The Morgan fingerprint density at radius 1 is 0.964 bits per heavy atom. The first-order valence-corrected chi connectivity index (χ1v) is 9.89. The molecular weight excluding hydrogens is 370 g/mol. The highest BCUT2D eigenvalue weighted by molar-refractivity contribution is 8.00. The Balaban J connectivity index is 1.47. The van der Waals surface area contributed by atoms with Gasteiger partial charge in [-0.3, -0.25) is 4.79 Å². The van der Waals surface area contributed by atoms with Crippen molar-refractivity contribution in [1.82, 2.24) is 25.1 Å². The van der Waals surface area contributed by atoms with Crippen LogP contribution in [0.3, 0.4) is 0 Å². The van der Waals surface area contributed by atoms with E-state index < -0.39 is 0 Å². The summed E-state index contributed by atoms with van der Waals surface area (Å²) in [5.41, 5.74) is 4.98. The molecule has 3 aromatic heterocycles. The maximum Gasteiger partial charge on any atom is 0.211 e. The Morgan fingerprint density at radius 2 is 1.64 bits per heavy atom. The summed E-state index contributed by atoms with van der Waals surface area (Å²) in [7, 11) is 0. The fourth-order valence-electron chi connectivity index (χ4n) is 3.56. The van der Waals surface area contributed by atoms with Crippen LogP contribution in [0.1, 0.15) is 23.0 Å². The zero-order valence-electron chi connectivity index (χ0n) is 15.4. The first-order chi connectivity index (χ1) is 13.6. The maximum absolute atomic E-state index is 13.1. The molecule has 6 nitrogen and oxygen atoms in total. The molecule has 7 heteroatoms. The normalized spacial score (nSPS) is 12.8. The van der Waals surface area contributed by atoms with Crippen LogP contribution in [0.5, 0.6) is 0 Å². The van der Waals surface area contributed by atoms with Crippen LogP contribution >= 0.6 is 11.8 Å². The summed E-state index contributed by atoms with van der Waals surface area (Å²) in [6, 6.07) is 15.8. The van der Waals surface area contributed by atoms with Gasteiger partial charge in [0.25, 0.3) is 0 Å². The van der Waals surface area contributed by atoms with Gasteiger partial charge in [-0.25, -0.2) is 4.98 Å². The van der Waals surface area contributed by atoms with Crippen molar-refractivity contribution in [2.24, 2.45) is 0 Å². The van der Waals surface area contributed by atoms with Crippen LogP contribution in [-0.2, 0) is 0 Å². The lowest BCUT2D eigenvalue weighted by molar-refractivity contribution is 0.0995. The van der Waals surface area contributed by atoms with Crippen molar-refractivity contribution in [3.05, 3.63) is 59.8 Å². The molecule has 2 aromatic carbocycles. The molecular formula is C21H17N5OS. The van der Waals surface area contributed by atoms with E-state index in [1.807, 2.05) is 62.4 Å². The molecule has 0 bridgehead atoms. The van der Waals surface area contributed by atoms with Crippen molar-refractivity contribution >= 4 is 50.5 Å². The number of carbonyl (C=O) groups is 1. The summed E-state index contributed by atoms with van der Waals surface area (Å²) in [4.78, 5) is 24.3. The van der Waals surface area contributed by atoms with E-state index in [-0.39, 0.29) is 11.0 Å². The molecule has 3 heterocycles. The molecule has 28 heavy (non-hydrogen) atoms. The number of H-pyrrole nitrogens is 2. The quantitative estimate of drug-likeness (QED) is 0.346. The molecule has 0 radical (unpaired) electrons. The molecule has 0 aliphatic carbocycles. The van der Waals surface area contributed by atoms with Gasteiger partial charge in [0, 0.05) is 33.1 Å². The molecule has 5 rings (SSSR count). The van der Waals surface area contributed by atoms with Crippen LogP contribution in [0.15, 0.2) is 53.7 Å². The largest absolute Gasteiger partial charge is 0.358 e. The molecule has 1 atom stereocenters.